The number of esters is 1. The molecule has 0 aliphatic rings. The molecule has 0 N–H and O–H groups in total. The van der Waals surface area contributed by atoms with Crippen molar-refractivity contribution in [2.45, 2.75) is 27.7 Å². The van der Waals surface area contributed by atoms with E-state index in [1.54, 1.807) is 39.1 Å². The maximum atomic E-state index is 13.5. The van der Waals surface area contributed by atoms with Crippen LogP contribution < -0.4 is 5.56 Å². The largest absolute Gasteiger partial charge is 0.454 e. The zero-order valence-electron chi connectivity index (χ0n) is 19.8. The lowest BCUT2D eigenvalue weighted by Crippen LogP contribution is -2.22. The molecule has 1 aromatic carbocycles. The summed E-state index contributed by atoms with van der Waals surface area (Å²) in [7, 11) is 1.83. The molecule has 4 rings (SSSR count). The van der Waals surface area contributed by atoms with Gasteiger partial charge in [-0.05, 0) is 58.0 Å². The molecule has 0 atom stereocenters. The van der Waals surface area contributed by atoms with Gasteiger partial charge in [-0.2, -0.15) is 0 Å². The first-order valence-electron chi connectivity index (χ1n) is 10.9. The lowest BCUT2D eigenvalue weighted by molar-refractivity contribution is 0.0474. The predicted molar refractivity (Wildman–Crippen MR) is 128 cm³/mol. The van der Waals surface area contributed by atoms with Crippen LogP contribution in [0, 0.1) is 27.7 Å². The highest BCUT2D eigenvalue weighted by Gasteiger charge is 2.24. The summed E-state index contributed by atoms with van der Waals surface area (Å²) in [6.45, 7) is 6.90. The minimum absolute atomic E-state index is 0.190. The van der Waals surface area contributed by atoms with E-state index >= 15 is 0 Å². The number of carbonyl (C=O) groups excluding carboxylic acids is 2. The molecule has 4 aromatic rings. The van der Waals surface area contributed by atoms with Gasteiger partial charge in [0.25, 0.3) is 5.56 Å². The summed E-state index contributed by atoms with van der Waals surface area (Å²) in [6, 6.07) is 14.4. The number of benzene rings is 1. The Morgan fingerprint density at radius 1 is 0.971 bits per heavy atom. The van der Waals surface area contributed by atoms with Crippen LogP contribution in [0.5, 0.6) is 0 Å². The minimum atomic E-state index is -0.612. The van der Waals surface area contributed by atoms with Crippen molar-refractivity contribution >= 4 is 11.8 Å². The van der Waals surface area contributed by atoms with Crippen molar-refractivity contribution in [1.29, 1.82) is 0 Å². The highest BCUT2D eigenvalue weighted by atomic mass is 16.5. The molecule has 8 nitrogen and oxygen atoms in total. The molecule has 3 heterocycles. The monoisotopic (exact) mass is 458 g/mol. The van der Waals surface area contributed by atoms with Crippen molar-refractivity contribution in [3.8, 4) is 11.4 Å². The number of pyridine rings is 1. The van der Waals surface area contributed by atoms with Crippen molar-refractivity contribution in [2.75, 3.05) is 6.61 Å². The molecule has 0 saturated carbocycles. The fourth-order valence-electron chi connectivity index (χ4n) is 4.08. The predicted octanol–water partition coefficient (Wildman–Crippen LogP) is 3.64. The number of aryl methyl sites for hydroxylation is 2. The fraction of sp³-hybridized carbons (Fsp3) is 0.231. The van der Waals surface area contributed by atoms with E-state index in [1.807, 2.05) is 58.2 Å². The number of hydrogen-bond acceptors (Lipinski definition) is 5. The number of carbonyl (C=O) groups is 2. The highest BCUT2D eigenvalue weighted by molar-refractivity contribution is 6.00. The number of hydrogen-bond donors (Lipinski definition) is 0. The second kappa shape index (κ2) is 8.97. The van der Waals surface area contributed by atoms with Crippen molar-refractivity contribution in [2.24, 2.45) is 7.05 Å². The molecule has 0 amide bonds. The Bertz CT molecular complexity index is 1440. The quantitative estimate of drug-likeness (QED) is 0.325. The van der Waals surface area contributed by atoms with Gasteiger partial charge in [0.05, 0.1) is 16.9 Å². The molecule has 174 valence electrons. The molecule has 0 aliphatic heterocycles. The van der Waals surface area contributed by atoms with Crippen molar-refractivity contribution in [3.63, 3.8) is 0 Å². The first-order valence-corrected chi connectivity index (χ1v) is 10.9. The summed E-state index contributed by atoms with van der Waals surface area (Å²) in [4.78, 5) is 42.7. The van der Waals surface area contributed by atoms with Gasteiger partial charge in [0.15, 0.2) is 6.61 Å². The summed E-state index contributed by atoms with van der Waals surface area (Å²) < 4.78 is 10.4. The molecule has 0 unspecified atom stereocenters. The van der Waals surface area contributed by atoms with E-state index in [-0.39, 0.29) is 16.9 Å². The van der Waals surface area contributed by atoms with E-state index in [0.717, 1.165) is 22.8 Å². The van der Waals surface area contributed by atoms with E-state index in [2.05, 4.69) is 4.98 Å². The molecule has 0 fully saturated rings. The first-order chi connectivity index (χ1) is 16.2. The smallest absolute Gasteiger partial charge is 0.340 e. The van der Waals surface area contributed by atoms with Gasteiger partial charge >= 0.3 is 5.97 Å². The molecular weight excluding hydrogens is 432 g/mol. The summed E-state index contributed by atoms with van der Waals surface area (Å²) >= 11 is 0. The molecule has 0 saturated heterocycles. The molecule has 34 heavy (non-hydrogen) atoms. The molecular formula is C26H26N4O4. The van der Waals surface area contributed by atoms with Gasteiger partial charge in [0.1, 0.15) is 5.69 Å². The van der Waals surface area contributed by atoms with Crippen molar-refractivity contribution < 1.29 is 14.3 Å². The van der Waals surface area contributed by atoms with Gasteiger partial charge in [-0.1, -0.05) is 18.2 Å². The van der Waals surface area contributed by atoms with Crippen LogP contribution in [0.3, 0.4) is 0 Å². The summed E-state index contributed by atoms with van der Waals surface area (Å²) in [5, 5.41) is 0. The highest BCUT2D eigenvalue weighted by Crippen LogP contribution is 2.23. The van der Waals surface area contributed by atoms with Crippen molar-refractivity contribution in [3.05, 3.63) is 99.0 Å². The Hall–Kier alpha value is -4.20. The number of aromatic nitrogens is 4. The second-order valence-electron chi connectivity index (χ2n) is 8.22. The SMILES string of the molecule is Cc1ccc(C(=O)OCC(=O)c2cc(C)n(-c3c(C)n(C)n(-c4ccccc4)c3=O)c2C)cn1. The normalized spacial score (nSPS) is 11.0. The standard InChI is InChI=1S/C26H26N4O4/c1-16-11-12-20(14-27-16)26(33)34-15-23(31)22-13-17(2)29(18(22)3)24-19(4)28(5)30(25(24)32)21-9-7-6-8-10-21/h6-14H,15H2,1-5H3. The zero-order valence-corrected chi connectivity index (χ0v) is 19.8. The van der Waals surface area contributed by atoms with Crippen LogP contribution in [0.1, 0.15) is 43.5 Å². The summed E-state index contributed by atoms with van der Waals surface area (Å²) in [5.41, 5.74) is 4.61. The molecule has 0 bridgehead atoms. The van der Waals surface area contributed by atoms with E-state index in [0.29, 0.717) is 16.9 Å². The van der Waals surface area contributed by atoms with Gasteiger partial charge in [0, 0.05) is 35.9 Å². The number of nitrogens with zero attached hydrogens (tertiary/aromatic N) is 4. The van der Waals surface area contributed by atoms with E-state index in [1.165, 1.54) is 6.20 Å². The summed E-state index contributed by atoms with van der Waals surface area (Å²) in [5.74, 6) is -0.955. The van der Waals surface area contributed by atoms with E-state index < -0.39 is 12.6 Å². The van der Waals surface area contributed by atoms with Gasteiger partial charge < -0.3 is 9.30 Å². The van der Waals surface area contributed by atoms with Gasteiger partial charge in [-0.3, -0.25) is 19.3 Å². The van der Waals surface area contributed by atoms with Gasteiger partial charge in [-0.15, -0.1) is 0 Å². The Labute approximate surface area is 197 Å². The fourth-order valence-corrected chi connectivity index (χ4v) is 4.08. The van der Waals surface area contributed by atoms with E-state index in [9.17, 15) is 14.4 Å². The first kappa shape index (κ1) is 23.0. The van der Waals surface area contributed by atoms with Gasteiger partial charge in [-0.25, -0.2) is 9.48 Å². The average molecular weight is 459 g/mol. The van der Waals surface area contributed by atoms with Crippen LogP contribution >= 0.6 is 0 Å². The molecule has 3 aromatic heterocycles. The number of ketones is 1. The third-order valence-electron chi connectivity index (χ3n) is 5.96. The maximum absolute atomic E-state index is 13.5. The second-order valence-corrected chi connectivity index (χ2v) is 8.22. The zero-order chi connectivity index (χ0) is 24.6. The maximum Gasteiger partial charge on any atom is 0.340 e. The molecule has 8 heteroatoms. The number of Topliss-reactive ketones (excluding diaryl/α,β-unsaturated/α-hetero) is 1. The van der Waals surface area contributed by atoms with Crippen LogP contribution in [0.2, 0.25) is 0 Å². The lowest BCUT2D eigenvalue weighted by atomic mass is 10.1. The van der Waals surface area contributed by atoms with Crippen LogP contribution in [-0.2, 0) is 11.8 Å². The van der Waals surface area contributed by atoms with Crippen LogP contribution in [0.4, 0.5) is 0 Å². The van der Waals surface area contributed by atoms with Gasteiger partial charge in [0.2, 0.25) is 5.78 Å². The third kappa shape index (κ3) is 3.98. The molecule has 0 aliphatic carbocycles. The average Bonchev–Trinajstić information content (AvgIpc) is 3.23. The Kier molecular flexibility index (Phi) is 6.06. The molecule has 0 spiro atoms. The summed E-state index contributed by atoms with van der Waals surface area (Å²) in [6.07, 6.45) is 1.42. The lowest BCUT2D eigenvalue weighted by Gasteiger charge is -2.09. The number of rotatable bonds is 6. The minimum Gasteiger partial charge on any atom is -0.454 e. The molecule has 0 radical (unpaired) electrons. The van der Waals surface area contributed by atoms with Crippen LogP contribution in [-0.4, -0.2) is 37.3 Å². The van der Waals surface area contributed by atoms with E-state index in [4.69, 9.17) is 4.74 Å². The topological polar surface area (TPSA) is 88.1 Å². The number of ether oxygens (including phenoxy) is 1. The Morgan fingerprint density at radius 2 is 1.68 bits per heavy atom. The number of para-hydroxylation sites is 1. The third-order valence-corrected chi connectivity index (χ3v) is 5.96. The van der Waals surface area contributed by atoms with Crippen LogP contribution in [0.25, 0.3) is 11.4 Å². The van der Waals surface area contributed by atoms with Crippen molar-refractivity contribution in [1.82, 2.24) is 18.9 Å². The van der Waals surface area contributed by atoms with Crippen LogP contribution in [0.15, 0.2) is 59.5 Å². The Balaban J connectivity index is 1.65. The Morgan fingerprint density at radius 3 is 2.32 bits per heavy atom.